The number of nitrogens with zero attached hydrogens (tertiary/aromatic N) is 3. The lowest BCUT2D eigenvalue weighted by Gasteiger charge is -2.05. The molecule has 3 nitrogen and oxygen atoms in total. The Morgan fingerprint density at radius 3 is 2.59 bits per heavy atom. The second kappa shape index (κ2) is 6.56. The second-order valence-corrected chi connectivity index (χ2v) is 5.82. The Bertz CT molecular complexity index is 744. The van der Waals surface area contributed by atoms with Crippen molar-refractivity contribution in [2.24, 2.45) is 0 Å². The molecule has 3 aromatic rings. The Hall–Kier alpha value is -2.42. The molecule has 2 aromatic carbocycles. The van der Waals surface area contributed by atoms with Gasteiger partial charge in [-0.3, -0.25) is 0 Å². The van der Waals surface area contributed by atoms with Gasteiger partial charge in [0.2, 0.25) is 0 Å². The van der Waals surface area contributed by atoms with Crippen LogP contribution in [0.4, 0.5) is 0 Å². The summed E-state index contributed by atoms with van der Waals surface area (Å²) < 4.78 is 1.91. The molecule has 0 aliphatic carbocycles. The van der Waals surface area contributed by atoms with Crippen LogP contribution in [0, 0.1) is 13.8 Å². The molecular formula is C19H21N3. The molecule has 0 aliphatic heterocycles. The standard InChI is InChI=1S/C19H21N3/c1-15-8-9-16(2)18(12-15)10-11-19-14-22(21-20-19)13-17-6-4-3-5-7-17/h3-9,12,14H,10-11,13H2,1-2H3. The van der Waals surface area contributed by atoms with E-state index in [1.165, 1.54) is 22.3 Å². The molecule has 0 unspecified atom stereocenters. The molecule has 0 radical (unpaired) electrons. The van der Waals surface area contributed by atoms with E-state index in [4.69, 9.17) is 0 Å². The van der Waals surface area contributed by atoms with E-state index in [1.807, 2.05) is 22.9 Å². The average Bonchev–Trinajstić information content (AvgIpc) is 2.97. The minimum Gasteiger partial charge on any atom is -0.248 e. The molecule has 0 saturated heterocycles. The third-order valence-corrected chi connectivity index (χ3v) is 3.93. The fraction of sp³-hybridized carbons (Fsp3) is 0.263. The molecule has 0 aliphatic rings. The van der Waals surface area contributed by atoms with E-state index in [9.17, 15) is 0 Å². The highest BCUT2D eigenvalue weighted by Gasteiger charge is 2.04. The van der Waals surface area contributed by atoms with E-state index < -0.39 is 0 Å². The molecule has 0 saturated carbocycles. The van der Waals surface area contributed by atoms with Crippen molar-refractivity contribution in [3.63, 3.8) is 0 Å². The Morgan fingerprint density at radius 2 is 1.77 bits per heavy atom. The lowest BCUT2D eigenvalue weighted by molar-refractivity contribution is 0.649. The number of aryl methyl sites for hydroxylation is 4. The number of hydrogen-bond donors (Lipinski definition) is 0. The molecule has 1 heterocycles. The van der Waals surface area contributed by atoms with Crippen molar-refractivity contribution in [2.75, 3.05) is 0 Å². The summed E-state index contributed by atoms with van der Waals surface area (Å²) in [5.74, 6) is 0. The zero-order valence-electron chi connectivity index (χ0n) is 13.2. The predicted octanol–water partition coefficient (Wildman–Crippen LogP) is 3.73. The molecule has 0 bridgehead atoms. The van der Waals surface area contributed by atoms with Gasteiger partial charge in [0.1, 0.15) is 0 Å². The van der Waals surface area contributed by atoms with Gasteiger partial charge < -0.3 is 0 Å². The van der Waals surface area contributed by atoms with Gasteiger partial charge in [-0.05, 0) is 43.4 Å². The maximum absolute atomic E-state index is 4.29. The molecule has 1 aromatic heterocycles. The minimum absolute atomic E-state index is 0.775. The normalized spacial score (nSPS) is 10.8. The highest BCUT2D eigenvalue weighted by atomic mass is 15.4. The molecule has 0 amide bonds. The van der Waals surface area contributed by atoms with Crippen molar-refractivity contribution in [3.05, 3.63) is 82.7 Å². The fourth-order valence-electron chi connectivity index (χ4n) is 2.63. The van der Waals surface area contributed by atoms with Crippen LogP contribution in [-0.2, 0) is 19.4 Å². The number of rotatable bonds is 5. The van der Waals surface area contributed by atoms with Crippen LogP contribution in [0.15, 0.2) is 54.7 Å². The molecule has 3 rings (SSSR count). The van der Waals surface area contributed by atoms with Gasteiger partial charge in [0.15, 0.2) is 0 Å². The SMILES string of the molecule is Cc1ccc(C)c(CCc2cn(Cc3ccccc3)nn2)c1. The van der Waals surface area contributed by atoms with Crippen LogP contribution in [0.25, 0.3) is 0 Å². The van der Waals surface area contributed by atoms with Crippen molar-refractivity contribution in [1.29, 1.82) is 0 Å². The first-order valence-electron chi connectivity index (χ1n) is 7.70. The quantitative estimate of drug-likeness (QED) is 0.717. The predicted molar refractivity (Wildman–Crippen MR) is 88.9 cm³/mol. The molecule has 0 N–H and O–H groups in total. The van der Waals surface area contributed by atoms with Gasteiger partial charge in [-0.1, -0.05) is 59.3 Å². The maximum atomic E-state index is 4.29. The smallest absolute Gasteiger partial charge is 0.0830 e. The summed E-state index contributed by atoms with van der Waals surface area (Å²) in [6.07, 6.45) is 3.99. The molecule has 0 fully saturated rings. The van der Waals surface area contributed by atoms with Gasteiger partial charge in [-0.15, -0.1) is 5.10 Å². The lowest BCUT2D eigenvalue weighted by Crippen LogP contribution is -1.99. The number of hydrogen-bond acceptors (Lipinski definition) is 2. The van der Waals surface area contributed by atoms with Gasteiger partial charge in [-0.25, -0.2) is 4.68 Å². The summed E-state index contributed by atoms with van der Waals surface area (Å²) >= 11 is 0. The van der Waals surface area contributed by atoms with Crippen LogP contribution in [0.5, 0.6) is 0 Å². The third-order valence-electron chi connectivity index (χ3n) is 3.93. The third kappa shape index (κ3) is 3.61. The van der Waals surface area contributed by atoms with Crippen molar-refractivity contribution < 1.29 is 0 Å². The van der Waals surface area contributed by atoms with Gasteiger partial charge in [0, 0.05) is 6.20 Å². The average molecular weight is 291 g/mol. The Balaban J connectivity index is 1.63. The Kier molecular flexibility index (Phi) is 4.33. The molecule has 112 valence electrons. The van der Waals surface area contributed by atoms with Crippen LogP contribution >= 0.6 is 0 Å². The molecule has 0 spiro atoms. The Morgan fingerprint density at radius 1 is 0.955 bits per heavy atom. The first-order chi connectivity index (χ1) is 10.7. The topological polar surface area (TPSA) is 30.7 Å². The molecule has 3 heteroatoms. The number of aromatic nitrogens is 3. The maximum Gasteiger partial charge on any atom is 0.0830 e. The molecule has 22 heavy (non-hydrogen) atoms. The molecular weight excluding hydrogens is 270 g/mol. The van der Waals surface area contributed by atoms with Crippen molar-refractivity contribution in [3.8, 4) is 0 Å². The lowest BCUT2D eigenvalue weighted by atomic mass is 10.0. The molecule has 0 atom stereocenters. The van der Waals surface area contributed by atoms with E-state index in [2.05, 4.69) is 60.7 Å². The van der Waals surface area contributed by atoms with E-state index in [1.54, 1.807) is 0 Å². The second-order valence-electron chi connectivity index (χ2n) is 5.82. The van der Waals surface area contributed by atoms with Crippen molar-refractivity contribution in [2.45, 2.75) is 33.2 Å². The summed E-state index contributed by atoms with van der Waals surface area (Å²) in [4.78, 5) is 0. The summed E-state index contributed by atoms with van der Waals surface area (Å²) in [7, 11) is 0. The van der Waals surface area contributed by atoms with Gasteiger partial charge in [0.05, 0.1) is 12.2 Å². The number of benzene rings is 2. The van der Waals surface area contributed by atoms with Crippen molar-refractivity contribution in [1.82, 2.24) is 15.0 Å². The van der Waals surface area contributed by atoms with Crippen LogP contribution in [-0.4, -0.2) is 15.0 Å². The monoisotopic (exact) mass is 291 g/mol. The first kappa shape index (κ1) is 14.5. The van der Waals surface area contributed by atoms with E-state index in [-0.39, 0.29) is 0 Å². The van der Waals surface area contributed by atoms with Gasteiger partial charge in [0.25, 0.3) is 0 Å². The van der Waals surface area contributed by atoms with E-state index in [0.717, 1.165) is 25.1 Å². The summed E-state index contributed by atoms with van der Waals surface area (Å²) in [6.45, 7) is 5.08. The Labute approximate surface area is 131 Å². The van der Waals surface area contributed by atoms with Gasteiger partial charge >= 0.3 is 0 Å². The zero-order chi connectivity index (χ0) is 15.4. The minimum atomic E-state index is 0.775. The summed E-state index contributed by atoms with van der Waals surface area (Å²) in [6, 6.07) is 17.0. The van der Waals surface area contributed by atoms with E-state index >= 15 is 0 Å². The summed E-state index contributed by atoms with van der Waals surface area (Å²) in [5, 5.41) is 8.52. The highest BCUT2D eigenvalue weighted by molar-refractivity contribution is 5.31. The van der Waals surface area contributed by atoms with Crippen LogP contribution in [0.2, 0.25) is 0 Å². The van der Waals surface area contributed by atoms with Crippen molar-refractivity contribution >= 4 is 0 Å². The highest BCUT2D eigenvalue weighted by Crippen LogP contribution is 2.13. The first-order valence-corrected chi connectivity index (χ1v) is 7.70. The van der Waals surface area contributed by atoms with Gasteiger partial charge in [-0.2, -0.15) is 0 Å². The van der Waals surface area contributed by atoms with Crippen LogP contribution in [0.1, 0.15) is 27.9 Å². The largest absolute Gasteiger partial charge is 0.248 e. The summed E-state index contributed by atoms with van der Waals surface area (Å²) in [5.41, 5.74) is 6.36. The fourth-order valence-corrected chi connectivity index (χ4v) is 2.63. The van der Waals surface area contributed by atoms with Crippen LogP contribution in [0.3, 0.4) is 0 Å². The van der Waals surface area contributed by atoms with E-state index in [0.29, 0.717) is 0 Å². The zero-order valence-corrected chi connectivity index (χ0v) is 13.2. The van der Waals surface area contributed by atoms with Crippen LogP contribution < -0.4 is 0 Å².